The van der Waals surface area contributed by atoms with Crippen LogP contribution in [-0.4, -0.2) is 6.21 Å². The maximum atomic E-state index is 13.9. The molecule has 1 saturated carbocycles. The first-order valence-corrected chi connectivity index (χ1v) is 15.9. The van der Waals surface area contributed by atoms with Crippen molar-refractivity contribution in [2.24, 2.45) is 16.9 Å². The van der Waals surface area contributed by atoms with Crippen molar-refractivity contribution in [1.82, 2.24) is 5.32 Å². The molecule has 5 heteroatoms. The molecule has 0 radical (unpaired) electrons. The van der Waals surface area contributed by atoms with Crippen molar-refractivity contribution in [1.29, 1.82) is 0 Å². The summed E-state index contributed by atoms with van der Waals surface area (Å²) in [6.45, 7) is 18.9. The van der Waals surface area contributed by atoms with Crippen LogP contribution in [0.5, 0.6) is 0 Å². The minimum absolute atomic E-state index is 0.333. The highest BCUT2D eigenvalue weighted by Crippen LogP contribution is 2.29. The second-order valence-electron chi connectivity index (χ2n) is 10.8. The fourth-order valence-electron chi connectivity index (χ4n) is 4.64. The summed E-state index contributed by atoms with van der Waals surface area (Å²) in [5.41, 5.74) is 6.71. The number of unbranched alkanes of at least 4 members (excludes halogenated alkanes) is 3. The van der Waals surface area contributed by atoms with Crippen molar-refractivity contribution in [3.63, 3.8) is 0 Å². The molecule has 2 aromatic rings. The molecule has 2 aromatic carbocycles. The van der Waals surface area contributed by atoms with Crippen LogP contribution in [0.1, 0.15) is 122 Å². The first kappa shape index (κ1) is 36.1. The van der Waals surface area contributed by atoms with Crippen LogP contribution in [0.15, 0.2) is 65.5 Å². The van der Waals surface area contributed by atoms with Crippen LogP contribution in [0.3, 0.4) is 0 Å². The fraction of sp³-hybridized carbons (Fsp3) is 0.528. The number of nitrogens with two attached hydrogens (primary N) is 1. The van der Waals surface area contributed by atoms with Gasteiger partial charge in [0.25, 0.3) is 0 Å². The second kappa shape index (κ2) is 20.9. The van der Waals surface area contributed by atoms with Gasteiger partial charge in [0.2, 0.25) is 0 Å². The predicted molar refractivity (Wildman–Crippen MR) is 179 cm³/mol. The SMILES string of the molecule is C=C(NC(/C=N\N(N)c1cc(C)cc(F)c1)=C(\C)c1ccc(CCCCC)cc1)C1CCCCC1.CC.CCCC. The molecule has 228 valence electrons. The molecule has 0 bridgehead atoms. The van der Waals surface area contributed by atoms with E-state index in [0.717, 1.165) is 47.4 Å². The lowest BCUT2D eigenvalue weighted by atomic mass is 9.87. The van der Waals surface area contributed by atoms with Crippen LogP contribution in [-0.2, 0) is 6.42 Å². The van der Waals surface area contributed by atoms with Gasteiger partial charge in [-0.2, -0.15) is 10.2 Å². The van der Waals surface area contributed by atoms with E-state index in [-0.39, 0.29) is 5.82 Å². The molecule has 1 aliphatic carbocycles. The van der Waals surface area contributed by atoms with Crippen molar-refractivity contribution in [3.8, 4) is 0 Å². The number of hydrazine groups is 1. The summed E-state index contributed by atoms with van der Waals surface area (Å²) in [7, 11) is 0. The molecule has 0 heterocycles. The number of hydrogen-bond acceptors (Lipinski definition) is 4. The molecule has 3 rings (SSSR count). The molecule has 1 fully saturated rings. The minimum atomic E-state index is -0.333. The third kappa shape index (κ3) is 13.5. The van der Waals surface area contributed by atoms with Gasteiger partial charge >= 0.3 is 0 Å². The van der Waals surface area contributed by atoms with Gasteiger partial charge < -0.3 is 5.32 Å². The number of hydrazone groups is 1. The summed E-state index contributed by atoms with van der Waals surface area (Å²) in [6, 6.07) is 13.4. The van der Waals surface area contributed by atoms with Crippen molar-refractivity contribution in [2.75, 3.05) is 5.12 Å². The summed E-state index contributed by atoms with van der Waals surface area (Å²) in [4.78, 5) is 0. The van der Waals surface area contributed by atoms with E-state index in [9.17, 15) is 4.39 Å². The first-order valence-electron chi connectivity index (χ1n) is 15.9. The average molecular weight is 565 g/mol. The zero-order chi connectivity index (χ0) is 30.6. The number of halogens is 1. The van der Waals surface area contributed by atoms with E-state index >= 15 is 0 Å². The third-order valence-electron chi connectivity index (χ3n) is 7.36. The van der Waals surface area contributed by atoms with Gasteiger partial charge in [0.15, 0.2) is 0 Å². The lowest BCUT2D eigenvalue weighted by Crippen LogP contribution is -2.27. The summed E-state index contributed by atoms with van der Waals surface area (Å²) >= 11 is 0. The Balaban J connectivity index is 0.00000129. The van der Waals surface area contributed by atoms with Crippen molar-refractivity contribution >= 4 is 17.5 Å². The number of hydrogen-bond donors (Lipinski definition) is 2. The number of anilines is 1. The smallest absolute Gasteiger partial charge is 0.125 e. The molecule has 3 N–H and O–H groups in total. The Morgan fingerprint density at radius 3 is 2.20 bits per heavy atom. The first-order chi connectivity index (χ1) is 19.8. The number of nitrogens with one attached hydrogen (secondary N) is 1. The zero-order valence-corrected chi connectivity index (χ0v) is 27.0. The number of aryl methyl sites for hydroxylation is 2. The van der Waals surface area contributed by atoms with Gasteiger partial charge in [0, 0.05) is 11.8 Å². The van der Waals surface area contributed by atoms with Crippen molar-refractivity contribution in [3.05, 3.63) is 82.9 Å². The number of benzene rings is 2. The highest BCUT2D eigenvalue weighted by Gasteiger charge is 2.18. The summed E-state index contributed by atoms with van der Waals surface area (Å²) < 4.78 is 13.9. The molecular weight excluding hydrogens is 507 g/mol. The Kier molecular flexibility index (Phi) is 18.4. The molecule has 4 nitrogen and oxygen atoms in total. The minimum Gasteiger partial charge on any atom is -0.358 e. The van der Waals surface area contributed by atoms with Gasteiger partial charge in [-0.25, -0.2) is 10.2 Å². The van der Waals surface area contributed by atoms with Crippen molar-refractivity contribution in [2.45, 2.75) is 119 Å². The molecule has 0 amide bonds. The summed E-state index contributed by atoms with van der Waals surface area (Å²) in [5.74, 6) is 6.29. The molecule has 0 atom stereocenters. The molecule has 0 spiro atoms. The number of allylic oxidation sites excluding steroid dienone is 3. The largest absolute Gasteiger partial charge is 0.358 e. The Morgan fingerprint density at radius 2 is 1.63 bits per heavy atom. The highest BCUT2D eigenvalue weighted by atomic mass is 19.1. The maximum Gasteiger partial charge on any atom is 0.125 e. The molecule has 41 heavy (non-hydrogen) atoms. The zero-order valence-electron chi connectivity index (χ0n) is 27.0. The Morgan fingerprint density at radius 1 is 1.00 bits per heavy atom. The normalized spacial score (nSPS) is 13.9. The second-order valence-corrected chi connectivity index (χ2v) is 10.8. The van der Waals surface area contributed by atoms with Crippen LogP contribution in [0.4, 0.5) is 10.1 Å². The molecule has 0 saturated heterocycles. The Hall–Kier alpha value is -2.92. The van der Waals surface area contributed by atoms with Gasteiger partial charge in [-0.3, -0.25) is 0 Å². The topological polar surface area (TPSA) is 53.7 Å². The highest BCUT2D eigenvalue weighted by molar-refractivity contribution is 5.90. The van der Waals surface area contributed by atoms with Gasteiger partial charge in [-0.1, -0.05) is 110 Å². The van der Waals surface area contributed by atoms with E-state index in [1.807, 2.05) is 26.8 Å². The van der Waals surface area contributed by atoms with Gasteiger partial charge in [-0.15, -0.1) is 0 Å². The van der Waals surface area contributed by atoms with Crippen LogP contribution in [0.25, 0.3) is 5.57 Å². The van der Waals surface area contributed by atoms with Gasteiger partial charge in [-0.05, 0) is 79.8 Å². The summed E-state index contributed by atoms with van der Waals surface area (Å²) in [6.07, 6.45) is 15.3. The van der Waals surface area contributed by atoms with E-state index in [0.29, 0.717) is 11.6 Å². The Bertz CT molecular complexity index is 1040. The van der Waals surface area contributed by atoms with Crippen LogP contribution >= 0.6 is 0 Å². The lowest BCUT2D eigenvalue weighted by Gasteiger charge is -2.25. The Labute approximate surface area is 251 Å². The molecule has 0 aliphatic heterocycles. The molecular formula is C36H57FN4. The average Bonchev–Trinajstić information content (AvgIpc) is 3.00. The van der Waals surface area contributed by atoms with Crippen molar-refractivity contribution < 1.29 is 4.39 Å². The predicted octanol–water partition coefficient (Wildman–Crippen LogP) is 10.5. The fourth-order valence-corrected chi connectivity index (χ4v) is 4.64. The van der Waals surface area contributed by atoms with Crippen LogP contribution in [0.2, 0.25) is 0 Å². The van der Waals surface area contributed by atoms with Gasteiger partial charge in [0.05, 0.1) is 17.6 Å². The van der Waals surface area contributed by atoms with E-state index < -0.39 is 0 Å². The van der Waals surface area contributed by atoms with E-state index in [4.69, 9.17) is 5.84 Å². The monoisotopic (exact) mass is 564 g/mol. The van der Waals surface area contributed by atoms with E-state index in [1.54, 1.807) is 6.21 Å². The molecule has 0 aromatic heterocycles. The molecule has 0 unspecified atom stereocenters. The summed E-state index contributed by atoms with van der Waals surface area (Å²) in [5, 5.41) is 9.21. The van der Waals surface area contributed by atoms with Crippen LogP contribution < -0.4 is 16.3 Å². The van der Waals surface area contributed by atoms with E-state index in [1.165, 1.54) is 74.2 Å². The third-order valence-corrected chi connectivity index (χ3v) is 7.36. The quantitative estimate of drug-likeness (QED) is 0.117. The van der Waals surface area contributed by atoms with E-state index in [2.05, 4.69) is 69.0 Å². The lowest BCUT2D eigenvalue weighted by molar-refractivity contribution is 0.393. The standard InChI is InChI=1S/C30H41FN4.C4H10.C2H6/c1-5-6-8-11-25-14-16-26(17-15-25)23(3)30(34-24(4)27-12-9-7-10-13-27)21-33-35(32)29-19-22(2)18-28(31)20-29;1-3-4-2;1-2/h14-21,27,34H,4-13,32H2,1-3H3;3-4H2,1-2H3;1-2H3/b30-23+,33-21-;;. The van der Waals surface area contributed by atoms with Crippen LogP contribution in [0, 0.1) is 18.7 Å². The number of nitrogens with zero attached hydrogens (tertiary/aromatic N) is 2. The number of rotatable bonds is 12. The van der Waals surface area contributed by atoms with Gasteiger partial charge in [0.1, 0.15) is 5.82 Å². The molecule has 1 aliphatic rings. The maximum absolute atomic E-state index is 13.9.